The summed E-state index contributed by atoms with van der Waals surface area (Å²) in [6, 6.07) is 3.77. The van der Waals surface area contributed by atoms with Gasteiger partial charge in [-0.05, 0) is 45.7 Å². The summed E-state index contributed by atoms with van der Waals surface area (Å²) in [5.74, 6) is 1.39. The quantitative estimate of drug-likeness (QED) is 0.860. The lowest BCUT2D eigenvalue weighted by Gasteiger charge is -2.12. The van der Waals surface area contributed by atoms with E-state index in [0.717, 1.165) is 12.2 Å². The highest BCUT2D eigenvalue weighted by Gasteiger charge is 2.19. The molecule has 1 unspecified atom stereocenters. The number of hydrogen-bond donors (Lipinski definition) is 2. The standard InChI is InChI=1S/C15H20N2O3S/c1-9(5-4-8-18)16-14(19)13-11(3)17-15(21-13)12-7-6-10(2)20-12/h6-7,9,18H,4-5,8H2,1-3H3,(H,16,19). The van der Waals surface area contributed by atoms with Crippen LogP contribution >= 0.6 is 11.3 Å². The van der Waals surface area contributed by atoms with Crippen LogP contribution in [0.15, 0.2) is 16.5 Å². The third kappa shape index (κ3) is 3.92. The SMILES string of the molecule is Cc1ccc(-c2nc(C)c(C(=O)NC(C)CCCO)s2)o1. The van der Waals surface area contributed by atoms with Crippen LogP contribution in [0.3, 0.4) is 0 Å². The number of hydrogen-bond acceptors (Lipinski definition) is 5. The molecule has 2 aromatic rings. The van der Waals surface area contributed by atoms with E-state index >= 15 is 0 Å². The number of nitrogens with one attached hydrogen (secondary N) is 1. The highest BCUT2D eigenvalue weighted by atomic mass is 32.1. The maximum atomic E-state index is 12.3. The van der Waals surface area contributed by atoms with Gasteiger partial charge in [-0.15, -0.1) is 11.3 Å². The number of aliphatic hydroxyl groups excluding tert-OH is 1. The zero-order chi connectivity index (χ0) is 15.4. The van der Waals surface area contributed by atoms with Crippen molar-refractivity contribution in [2.24, 2.45) is 0 Å². The van der Waals surface area contributed by atoms with E-state index in [4.69, 9.17) is 9.52 Å². The molecule has 6 heteroatoms. The number of aromatic nitrogens is 1. The van der Waals surface area contributed by atoms with Crippen LogP contribution < -0.4 is 5.32 Å². The molecule has 5 nitrogen and oxygen atoms in total. The minimum Gasteiger partial charge on any atom is -0.459 e. The number of carbonyl (C=O) groups is 1. The second kappa shape index (κ2) is 6.87. The molecule has 0 saturated heterocycles. The van der Waals surface area contributed by atoms with Crippen LogP contribution in [0.1, 0.15) is 40.9 Å². The van der Waals surface area contributed by atoms with Crippen molar-refractivity contribution < 1.29 is 14.3 Å². The monoisotopic (exact) mass is 308 g/mol. The summed E-state index contributed by atoms with van der Waals surface area (Å²) in [7, 11) is 0. The Morgan fingerprint density at radius 1 is 1.48 bits per heavy atom. The fraction of sp³-hybridized carbons (Fsp3) is 0.467. The van der Waals surface area contributed by atoms with Crippen LogP contribution in [-0.2, 0) is 0 Å². The zero-order valence-electron chi connectivity index (χ0n) is 12.5. The van der Waals surface area contributed by atoms with Crippen molar-refractivity contribution in [1.82, 2.24) is 10.3 Å². The van der Waals surface area contributed by atoms with Crippen molar-refractivity contribution in [2.75, 3.05) is 6.61 Å². The molecular weight excluding hydrogens is 288 g/mol. The van der Waals surface area contributed by atoms with Gasteiger partial charge in [0.05, 0.1) is 5.69 Å². The summed E-state index contributed by atoms with van der Waals surface area (Å²) in [5, 5.41) is 12.5. The van der Waals surface area contributed by atoms with E-state index in [2.05, 4.69) is 10.3 Å². The summed E-state index contributed by atoms with van der Waals surface area (Å²) >= 11 is 1.33. The lowest BCUT2D eigenvalue weighted by molar-refractivity contribution is 0.0939. The molecule has 1 amide bonds. The smallest absolute Gasteiger partial charge is 0.263 e. The molecule has 2 N–H and O–H groups in total. The highest BCUT2D eigenvalue weighted by Crippen LogP contribution is 2.29. The van der Waals surface area contributed by atoms with E-state index in [9.17, 15) is 4.79 Å². The number of furan rings is 1. The van der Waals surface area contributed by atoms with E-state index in [0.29, 0.717) is 27.8 Å². The second-order valence-electron chi connectivity index (χ2n) is 5.08. The first-order valence-corrected chi connectivity index (χ1v) is 7.79. The van der Waals surface area contributed by atoms with Crippen LogP contribution in [-0.4, -0.2) is 28.6 Å². The third-order valence-corrected chi connectivity index (χ3v) is 4.30. The number of aliphatic hydroxyl groups is 1. The lowest BCUT2D eigenvalue weighted by atomic mass is 10.2. The first kappa shape index (κ1) is 15.7. The predicted octanol–water partition coefficient (Wildman–Crippen LogP) is 2.91. The number of carbonyl (C=O) groups excluding carboxylic acids is 1. The van der Waals surface area contributed by atoms with Crippen molar-refractivity contribution >= 4 is 17.2 Å². The Morgan fingerprint density at radius 3 is 2.86 bits per heavy atom. The van der Waals surface area contributed by atoms with Gasteiger partial charge in [0.1, 0.15) is 10.6 Å². The van der Waals surface area contributed by atoms with E-state index in [1.165, 1.54) is 11.3 Å². The molecule has 2 heterocycles. The highest BCUT2D eigenvalue weighted by molar-refractivity contribution is 7.17. The molecule has 2 rings (SSSR count). The van der Waals surface area contributed by atoms with E-state index in [-0.39, 0.29) is 18.6 Å². The molecular formula is C15H20N2O3S. The number of thiazole rings is 1. The fourth-order valence-corrected chi connectivity index (χ4v) is 2.95. The van der Waals surface area contributed by atoms with Gasteiger partial charge in [-0.25, -0.2) is 4.98 Å². The molecule has 2 aromatic heterocycles. The Bertz CT molecular complexity index is 618. The van der Waals surface area contributed by atoms with Crippen molar-refractivity contribution in [2.45, 2.75) is 39.7 Å². The Labute approximate surface area is 128 Å². The van der Waals surface area contributed by atoms with E-state index in [1.807, 2.05) is 32.9 Å². The van der Waals surface area contributed by atoms with Crippen LogP contribution in [0.2, 0.25) is 0 Å². The molecule has 0 aromatic carbocycles. The van der Waals surface area contributed by atoms with E-state index < -0.39 is 0 Å². The van der Waals surface area contributed by atoms with Gasteiger partial charge in [0, 0.05) is 12.6 Å². The maximum Gasteiger partial charge on any atom is 0.263 e. The fourth-order valence-electron chi connectivity index (χ4n) is 2.02. The number of rotatable bonds is 6. The molecule has 21 heavy (non-hydrogen) atoms. The number of aryl methyl sites for hydroxylation is 2. The Hall–Kier alpha value is -1.66. The Balaban J connectivity index is 2.10. The number of nitrogens with zero attached hydrogens (tertiary/aromatic N) is 1. The van der Waals surface area contributed by atoms with E-state index in [1.54, 1.807) is 0 Å². The summed E-state index contributed by atoms with van der Waals surface area (Å²) < 4.78 is 5.54. The second-order valence-corrected chi connectivity index (χ2v) is 6.08. The van der Waals surface area contributed by atoms with Gasteiger partial charge in [-0.2, -0.15) is 0 Å². The van der Waals surface area contributed by atoms with Gasteiger partial charge in [-0.3, -0.25) is 4.79 Å². The first-order valence-electron chi connectivity index (χ1n) is 6.97. The van der Waals surface area contributed by atoms with Crippen LogP contribution in [0.25, 0.3) is 10.8 Å². The first-order chi connectivity index (χ1) is 10.0. The topological polar surface area (TPSA) is 75.4 Å². The summed E-state index contributed by atoms with van der Waals surface area (Å²) in [5.41, 5.74) is 0.705. The Morgan fingerprint density at radius 2 is 2.24 bits per heavy atom. The molecule has 0 bridgehead atoms. The molecule has 1 atom stereocenters. The van der Waals surface area contributed by atoms with Gasteiger partial charge >= 0.3 is 0 Å². The number of amides is 1. The molecule has 0 fully saturated rings. The lowest BCUT2D eigenvalue weighted by Crippen LogP contribution is -2.32. The van der Waals surface area contributed by atoms with Crippen LogP contribution in [0, 0.1) is 13.8 Å². The molecule has 0 saturated carbocycles. The molecule has 0 spiro atoms. The van der Waals surface area contributed by atoms with Gasteiger partial charge < -0.3 is 14.8 Å². The van der Waals surface area contributed by atoms with Crippen LogP contribution in [0.5, 0.6) is 0 Å². The zero-order valence-corrected chi connectivity index (χ0v) is 13.3. The predicted molar refractivity (Wildman–Crippen MR) is 82.5 cm³/mol. The molecule has 0 aliphatic rings. The van der Waals surface area contributed by atoms with Gasteiger partial charge in [0.2, 0.25) is 0 Å². The summed E-state index contributed by atoms with van der Waals surface area (Å²) in [6.07, 6.45) is 1.43. The van der Waals surface area contributed by atoms with Crippen LogP contribution in [0.4, 0.5) is 0 Å². The Kier molecular flexibility index (Phi) is 5.14. The van der Waals surface area contributed by atoms with Gasteiger partial charge in [0.25, 0.3) is 5.91 Å². The summed E-state index contributed by atoms with van der Waals surface area (Å²) in [6.45, 7) is 5.77. The largest absolute Gasteiger partial charge is 0.459 e. The maximum absolute atomic E-state index is 12.3. The molecule has 0 aliphatic heterocycles. The van der Waals surface area contributed by atoms with Crippen molar-refractivity contribution in [1.29, 1.82) is 0 Å². The normalized spacial score (nSPS) is 12.4. The summed E-state index contributed by atoms with van der Waals surface area (Å²) in [4.78, 5) is 17.3. The van der Waals surface area contributed by atoms with Crippen molar-refractivity contribution in [3.05, 3.63) is 28.5 Å². The van der Waals surface area contributed by atoms with Gasteiger partial charge in [0.15, 0.2) is 10.8 Å². The van der Waals surface area contributed by atoms with Gasteiger partial charge in [-0.1, -0.05) is 0 Å². The van der Waals surface area contributed by atoms with Crippen molar-refractivity contribution in [3.8, 4) is 10.8 Å². The molecule has 0 aliphatic carbocycles. The average Bonchev–Trinajstić information content (AvgIpc) is 3.02. The minimum atomic E-state index is -0.120. The average molecular weight is 308 g/mol. The third-order valence-electron chi connectivity index (χ3n) is 3.13. The van der Waals surface area contributed by atoms with Crippen molar-refractivity contribution in [3.63, 3.8) is 0 Å². The molecule has 114 valence electrons. The minimum absolute atomic E-state index is 0.0282. The molecule has 0 radical (unpaired) electrons.